The largest absolute Gasteiger partial charge is 0.494 e. The van der Waals surface area contributed by atoms with Gasteiger partial charge in [-0.2, -0.15) is 0 Å². The van der Waals surface area contributed by atoms with Gasteiger partial charge in [-0.1, -0.05) is 34.1 Å². The van der Waals surface area contributed by atoms with Gasteiger partial charge in [-0.3, -0.25) is 0 Å². The number of primary sulfonamides is 2. The average molecular weight is 861 g/mol. The average Bonchev–Trinajstić information content (AvgIpc) is 3.46. The molecule has 3 heterocycles. The van der Waals surface area contributed by atoms with Gasteiger partial charge >= 0.3 is 21.1 Å². The second-order valence-electron chi connectivity index (χ2n) is 16.3. The Morgan fingerprint density at radius 2 is 0.889 bits per heavy atom. The summed E-state index contributed by atoms with van der Waals surface area (Å²) in [5.74, 6) is 0.756. The Morgan fingerprint density at radius 3 is 1.24 bits per heavy atom. The molecule has 0 atom stereocenters. The Labute approximate surface area is 331 Å². The van der Waals surface area contributed by atoms with Crippen LogP contribution in [-0.4, -0.2) is 96.3 Å². The first-order chi connectivity index (χ1) is 24.4. The van der Waals surface area contributed by atoms with E-state index in [0.29, 0.717) is 11.5 Å². The summed E-state index contributed by atoms with van der Waals surface area (Å²) in [6.07, 6.45) is 0. The minimum absolute atomic E-state index is 0.00561. The molecule has 2 aromatic rings. The molecule has 5 rings (SSSR count). The Morgan fingerprint density at radius 1 is 0.556 bits per heavy atom. The number of hydrogen-bond donors (Lipinski definition) is 2. The van der Waals surface area contributed by atoms with Gasteiger partial charge in [-0.05, 0) is 119 Å². The molecule has 54 heavy (non-hydrogen) atoms. The van der Waals surface area contributed by atoms with Crippen LogP contribution < -0.4 is 25.2 Å². The van der Waals surface area contributed by atoms with Crippen LogP contribution in [0.5, 0.6) is 11.5 Å². The highest BCUT2D eigenvalue weighted by Crippen LogP contribution is 2.43. The Hall–Kier alpha value is -1.71. The second kappa shape index (κ2) is 17.0. The molecule has 3 fully saturated rings. The van der Waals surface area contributed by atoms with Gasteiger partial charge in [0.1, 0.15) is 24.7 Å². The standard InChI is InChI=1S/C14H22BNO5S.C12H24B2O4.C8H10BrNO3S/c1-13(2)14(3,4)21-15(20-13)11-6-5-7-12(10-11)19-8-9-22(16,17)18;1-9(2)10(3,4)16-13(15-9)14-17-11(5,6)12(7,8)18-14;9-7-2-1-3-8(6-7)13-4-5-14(10,11)12/h5-7,10H,8-9H2,1-4H3,(H2,16,17,18);1-8H3;1-3,6H,4-5H2,(H2,10,11,12). The molecule has 3 saturated heterocycles. The molecule has 20 heteroatoms. The highest BCUT2D eigenvalue weighted by atomic mass is 79.9. The summed E-state index contributed by atoms with van der Waals surface area (Å²) < 4.78 is 90.2. The zero-order chi connectivity index (χ0) is 41.2. The van der Waals surface area contributed by atoms with Crippen molar-refractivity contribution in [3.8, 4) is 11.5 Å². The van der Waals surface area contributed by atoms with Crippen LogP contribution in [0.15, 0.2) is 53.0 Å². The van der Waals surface area contributed by atoms with Crippen molar-refractivity contribution in [3.63, 3.8) is 0 Å². The third-order valence-corrected chi connectivity index (χ3v) is 12.2. The van der Waals surface area contributed by atoms with Crippen molar-refractivity contribution >= 4 is 62.6 Å². The van der Waals surface area contributed by atoms with Crippen LogP contribution in [-0.2, 0) is 48.0 Å². The Kier molecular flexibility index (Phi) is 14.7. The fourth-order valence-corrected chi connectivity index (χ4v) is 5.85. The Bertz CT molecular complexity index is 1730. The first-order valence-electron chi connectivity index (χ1n) is 17.5. The normalized spacial score (nSPS) is 21.8. The summed E-state index contributed by atoms with van der Waals surface area (Å²) in [5.41, 5.74) is -1.44. The van der Waals surface area contributed by atoms with E-state index in [4.69, 9.17) is 47.7 Å². The van der Waals surface area contributed by atoms with Crippen LogP contribution in [0.3, 0.4) is 0 Å². The number of nitrogens with two attached hydrogens (primary N) is 2. The van der Waals surface area contributed by atoms with Gasteiger partial charge in [0.2, 0.25) is 20.0 Å². The molecule has 302 valence electrons. The lowest BCUT2D eigenvalue weighted by atomic mass is 9.49. The number of hydrogen-bond acceptors (Lipinski definition) is 12. The van der Waals surface area contributed by atoms with E-state index in [1.54, 1.807) is 30.3 Å². The van der Waals surface area contributed by atoms with Gasteiger partial charge in [-0.25, -0.2) is 27.1 Å². The molecule has 0 amide bonds. The van der Waals surface area contributed by atoms with E-state index in [0.717, 1.165) is 9.94 Å². The highest BCUT2D eigenvalue weighted by molar-refractivity contribution is 9.10. The summed E-state index contributed by atoms with van der Waals surface area (Å²) in [7, 11) is -8.40. The molecule has 4 N–H and O–H groups in total. The maximum absolute atomic E-state index is 10.9. The van der Waals surface area contributed by atoms with Crippen molar-refractivity contribution < 1.29 is 54.2 Å². The van der Waals surface area contributed by atoms with E-state index in [2.05, 4.69) is 15.9 Å². The van der Waals surface area contributed by atoms with Gasteiger partial charge in [0.25, 0.3) is 0 Å². The van der Waals surface area contributed by atoms with Crippen molar-refractivity contribution in [2.45, 2.75) is 117 Å². The molecule has 0 radical (unpaired) electrons. The van der Waals surface area contributed by atoms with Crippen LogP contribution in [0.4, 0.5) is 0 Å². The number of halogens is 1. The van der Waals surface area contributed by atoms with Crippen LogP contribution >= 0.6 is 15.9 Å². The fourth-order valence-electron chi connectivity index (χ4n) is 4.84. The highest BCUT2D eigenvalue weighted by Gasteiger charge is 2.63. The molecular formula is C34H56B3BrN2O12S2. The van der Waals surface area contributed by atoms with E-state index >= 15 is 0 Å². The molecule has 0 aromatic heterocycles. The maximum Gasteiger partial charge on any atom is 0.494 e. The number of ether oxygens (including phenoxy) is 2. The third kappa shape index (κ3) is 12.9. The Balaban J connectivity index is 0.000000224. The molecule has 0 spiro atoms. The number of benzene rings is 2. The second-order valence-corrected chi connectivity index (χ2v) is 20.7. The van der Waals surface area contributed by atoms with E-state index < -0.39 is 52.4 Å². The van der Waals surface area contributed by atoms with Crippen molar-refractivity contribution in [3.05, 3.63) is 53.0 Å². The summed E-state index contributed by atoms with van der Waals surface area (Å²) in [6.45, 7) is 24.2. The topological polar surface area (TPSA) is 194 Å². The zero-order valence-electron chi connectivity index (χ0n) is 33.4. The molecule has 3 aliphatic heterocycles. The molecule has 0 unspecified atom stereocenters. The molecule has 3 aliphatic rings. The van der Waals surface area contributed by atoms with E-state index in [9.17, 15) is 16.8 Å². The van der Waals surface area contributed by atoms with Crippen molar-refractivity contribution in [2.75, 3.05) is 24.7 Å². The first-order valence-corrected chi connectivity index (χ1v) is 21.8. The van der Waals surface area contributed by atoms with E-state index in [1.807, 2.05) is 101 Å². The molecular weight excluding hydrogens is 805 g/mol. The minimum atomic E-state index is -3.53. The van der Waals surface area contributed by atoms with Crippen LogP contribution in [0.2, 0.25) is 0 Å². The summed E-state index contributed by atoms with van der Waals surface area (Å²) >= 11 is 3.27. The molecule has 0 aliphatic carbocycles. The van der Waals surface area contributed by atoms with Crippen LogP contribution in [0.1, 0.15) is 83.1 Å². The maximum atomic E-state index is 10.9. The smallest absolute Gasteiger partial charge is 0.493 e. The SMILES string of the molecule is CC1(C)OB(B2OC(C)(C)C(C)(C)O2)OC1(C)C.CC1(C)OB(c2cccc(OCCS(N)(=O)=O)c2)OC1(C)C.NS(=O)(=O)CCOc1cccc(Br)c1. The fraction of sp³-hybridized carbons (Fsp3) is 0.647. The third-order valence-electron chi connectivity index (χ3n) is 10.2. The quantitative estimate of drug-likeness (QED) is 0.327. The summed E-state index contributed by atoms with van der Waals surface area (Å²) in [6, 6.07) is 14.4. The summed E-state index contributed by atoms with van der Waals surface area (Å²) in [5, 5.41) is 9.75. The van der Waals surface area contributed by atoms with Gasteiger partial charge in [0, 0.05) is 4.47 Å². The van der Waals surface area contributed by atoms with Crippen LogP contribution in [0.25, 0.3) is 0 Å². The van der Waals surface area contributed by atoms with E-state index in [1.165, 1.54) is 0 Å². The lowest BCUT2D eigenvalue weighted by molar-refractivity contribution is 0.00578. The van der Waals surface area contributed by atoms with Crippen molar-refractivity contribution in [1.29, 1.82) is 0 Å². The summed E-state index contributed by atoms with van der Waals surface area (Å²) in [4.78, 5) is 0. The predicted molar refractivity (Wildman–Crippen MR) is 215 cm³/mol. The van der Waals surface area contributed by atoms with Crippen molar-refractivity contribution in [1.82, 2.24) is 0 Å². The first kappa shape index (κ1) is 46.7. The lowest BCUT2D eigenvalue weighted by Gasteiger charge is -2.32. The van der Waals surface area contributed by atoms with Crippen molar-refractivity contribution in [2.24, 2.45) is 10.3 Å². The van der Waals surface area contributed by atoms with Gasteiger partial charge in [0.15, 0.2) is 0 Å². The monoisotopic (exact) mass is 860 g/mol. The van der Waals surface area contributed by atoms with Gasteiger partial charge < -0.3 is 37.4 Å². The van der Waals surface area contributed by atoms with Crippen LogP contribution in [0, 0.1) is 0 Å². The predicted octanol–water partition coefficient (Wildman–Crippen LogP) is 4.02. The number of rotatable bonds is 10. The van der Waals surface area contributed by atoms with Gasteiger partial charge in [0.05, 0.1) is 45.1 Å². The van der Waals surface area contributed by atoms with Gasteiger partial charge in [-0.15, -0.1) is 0 Å². The molecule has 0 saturated carbocycles. The number of sulfonamides is 2. The lowest BCUT2D eigenvalue weighted by Crippen LogP contribution is -2.41. The zero-order valence-corrected chi connectivity index (χ0v) is 36.6. The minimum Gasteiger partial charge on any atom is -0.493 e. The molecule has 0 bridgehead atoms. The molecule has 2 aromatic carbocycles. The molecule has 14 nitrogen and oxygen atoms in total. The van der Waals surface area contributed by atoms with E-state index in [-0.39, 0.29) is 47.1 Å².